The zero-order valence-corrected chi connectivity index (χ0v) is 14.6. The lowest BCUT2D eigenvalue weighted by Gasteiger charge is -2.13. The van der Waals surface area contributed by atoms with Crippen LogP contribution in [0.4, 0.5) is 0 Å². The summed E-state index contributed by atoms with van der Waals surface area (Å²) in [5.74, 6) is 2.31. The van der Waals surface area contributed by atoms with Crippen LogP contribution in [0.15, 0.2) is 23.2 Å². The fourth-order valence-electron chi connectivity index (χ4n) is 2.11. The molecule has 0 fully saturated rings. The fourth-order valence-corrected chi connectivity index (χ4v) is 2.11. The number of ether oxygens (including phenoxy) is 3. The topological polar surface area (TPSA) is 64.1 Å². The summed E-state index contributed by atoms with van der Waals surface area (Å²) in [6.07, 6.45) is 1.84. The van der Waals surface area contributed by atoms with E-state index in [1.54, 1.807) is 21.3 Å². The summed E-state index contributed by atoms with van der Waals surface area (Å²) >= 11 is 0. The van der Waals surface area contributed by atoms with Gasteiger partial charge < -0.3 is 24.8 Å². The molecule has 1 aromatic rings. The summed E-state index contributed by atoms with van der Waals surface area (Å²) in [7, 11) is 5.06. The van der Waals surface area contributed by atoms with Crippen molar-refractivity contribution >= 4 is 5.96 Å². The Labute approximate surface area is 139 Å². The van der Waals surface area contributed by atoms with Crippen molar-refractivity contribution in [2.75, 3.05) is 47.6 Å². The number of aliphatic imine (C=N–C) groups is 1. The lowest BCUT2D eigenvalue weighted by atomic mass is 10.1. The number of methoxy groups -OCH3 is 2. The Kier molecular flexibility index (Phi) is 9.63. The maximum absolute atomic E-state index is 5.32. The predicted molar refractivity (Wildman–Crippen MR) is 93.7 cm³/mol. The van der Waals surface area contributed by atoms with Gasteiger partial charge in [-0.1, -0.05) is 6.07 Å². The average Bonchev–Trinajstić information content (AvgIpc) is 2.59. The third-order valence-electron chi connectivity index (χ3n) is 3.34. The van der Waals surface area contributed by atoms with Crippen molar-refractivity contribution in [2.45, 2.75) is 19.8 Å². The molecule has 0 aliphatic heterocycles. The van der Waals surface area contributed by atoms with Crippen molar-refractivity contribution in [2.24, 2.45) is 4.99 Å². The number of nitrogens with zero attached hydrogens (tertiary/aromatic N) is 1. The van der Waals surface area contributed by atoms with Gasteiger partial charge in [-0.15, -0.1) is 0 Å². The van der Waals surface area contributed by atoms with Crippen molar-refractivity contribution in [1.82, 2.24) is 10.6 Å². The molecule has 0 radical (unpaired) electrons. The quantitative estimate of drug-likeness (QED) is 0.391. The molecule has 0 spiro atoms. The van der Waals surface area contributed by atoms with Gasteiger partial charge in [-0.05, 0) is 37.5 Å². The highest BCUT2D eigenvalue weighted by molar-refractivity contribution is 5.79. The first-order valence-electron chi connectivity index (χ1n) is 7.98. The Bertz CT molecular complexity index is 478. The van der Waals surface area contributed by atoms with E-state index >= 15 is 0 Å². The minimum atomic E-state index is 0.746. The molecule has 0 aromatic heterocycles. The normalized spacial score (nSPS) is 11.2. The van der Waals surface area contributed by atoms with E-state index in [-0.39, 0.29) is 0 Å². The van der Waals surface area contributed by atoms with E-state index in [1.165, 1.54) is 5.56 Å². The van der Waals surface area contributed by atoms with Gasteiger partial charge in [0.05, 0.1) is 14.2 Å². The van der Waals surface area contributed by atoms with E-state index in [0.717, 1.165) is 56.6 Å². The highest BCUT2D eigenvalue weighted by Gasteiger charge is 2.04. The van der Waals surface area contributed by atoms with Crippen molar-refractivity contribution in [3.63, 3.8) is 0 Å². The Balaban J connectivity index is 2.34. The molecule has 6 nitrogen and oxygen atoms in total. The predicted octanol–water partition coefficient (Wildman–Crippen LogP) is 1.84. The molecule has 6 heteroatoms. The monoisotopic (exact) mass is 323 g/mol. The van der Waals surface area contributed by atoms with E-state index in [2.05, 4.69) is 15.6 Å². The second-order valence-electron chi connectivity index (χ2n) is 4.92. The number of hydrogen-bond acceptors (Lipinski definition) is 4. The van der Waals surface area contributed by atoms with E-state index in [4.69, 9.17) is 14.2 Å². The number of rotatable bonds is 10. The van der Waals surface area contributed by atoms with E-state index < -0.39 is 0 Å². The van der Waals surface area contributed by atoms with Crippen LogP contribution in [0.1, 0.15) is 18.9 Å². The van der Waals surface area contributed by atoms with Crippen LogP contribution in [-0.4, -0.2) is 53.5 Å². The first-order valence-corrected chi connectivity index (χ1v) is 7.98. The Morgan fingerprint density at radius 3 is 2.48 bits per heavy atom. The highest BCUT2D eigenvalue weighted by atomic mass is 16.5. The fraction of sp³-hybridized carbons (Fsp3) is 0.588. The lowest BCUT2D eigenvalue weighted by Crippen LogP contribution is -2.39. The molecule has 0 aliphatic rings. The smallest absolute Gasteiger partial charge is 0.190 e. The maximum atomic E-state index is 5.32. The van der Waals surface area contributed by atoms with Crippen molar-refractivity contribution in [3.8, 4) is 11.5 Å². The summed E-state index contributed by atoms with van der Waals surface area (Å²) in [5, 5.41) is 6.57. The van der Waals surface area contributed by atoms with Gasteiger partial charge >= 0.3 is 0 Å². The number of guanidine groups is 1. The maximum Gasteiger partial charge on any atom is 0.190 e. The van der Waals surface area contributed by atoms with E-state index in [1.807, 2.05) is 25.1 Å². The molecule has 1 rings (SSSR count). The molecule has 0 aliphatic carbocycles. The van der Waals surface area contributed by atoms with Gasteiger partial charge in [0.1, 0.15) is 0 Å². The molecule has 0 bridgehead atoms. The summed E-state index contributed by atoms with van der Waals surface area (Å²) in [5.41, 5.74) is 1.18. The second kappa shape index (κ2) is 11.6. The minimum absolute atomic E-state index is 0.746. The largest absolute Gasteiger partial charge is 0.493 e. The first-order chi connectivity index (χ1) is 11.2. The summed E-state index contributed by atoms with van der Waals surface area (Å²) in [6, 6.07) is 5.97. The van der Waals surface area contributed by atoms with Gasteiger partial charge in [0.25, 0.3) is 0 Å². The standard InChI is InChI=1S/C17H29N3O3/c1-5-23-12-6-10-19-17(18-2)20-11-9-14-7-8-15(21-3)16(13-14)22-4/h7-8,13H,5-6,9-12H2,1-4H3,(H2,18,19,20). The molecule has 23 heavy (non-hydrogen) atoms. The molecule has 0 heterocycles. The lowest BCUT2D eigenvalue weighted by molar-refractivity contribution is 0.145. The summed E-state index contributed by atoms with van der Waals surface area (Å²) < 4.78 is 15.9. The SMILES string of the molecule is CCOCCCNC(=NC)NCCc1ccc(OC)c(OC)c1. The molecule has 0 saturated heterocycles. The van der Waals surface area contributed by atoms with Crippen LogP contribution < -0.4 is 20.1 Å². The Morgan fingerprint density at radius 2 is 1.83 bits per heavy atom. The molecule has 0 amide bonds. The van der Waals surface area contributed by atoms with Crippen LogP contribution in [0.25, 0.3) is 0 Å². The van der Waals surface area contributed by atoms with Crippen LogP contribution in [0.2, 0.25) is 0 Å². The van der Waals surface area contributed by atoms with Crippen molar-refractivity contribution in [3.05, 3.63) is 23.8 Å². The number of nitrogens with one attached hydrogen (secondary N) is 2. The third-order valence-corrected chi connectivity index (χ3v) is 3.34. The van der Waals surface area contributed by atoms with Crippen molar-refractivity contribution < 1.29 is 14.2 Å². The molecule has 2 N–H and O–H groups in total. The van der Waals surface area contributed by atoms with Gasteiger partial charge in [-0.3, -0.25) is 4.99 Å². The highest BCUT2D eigenvalue weighted by Crippen LogP contribution is 2.27. The molecular weight excluding hydrogens is 294 g/mol. The molecule has 130 valence electrons. The molecule has 0 unspecified atom stereocenters. The Morgan fingerprint density at radius 1 is 1.09 bits per heavy atom. The van der Waals surface area contributed by atoms with Crippen molar-refractivity contribution in [1.29, 1.82) is 0 Å². The van der Waals surface area contributed by atoms with Gasteiger partial charge in [0.2, 0.25) is 0 Å². The molecule has 0 saturated carbocycles. The average molecular weight is 323 g/mol. The minimum Gasteiger partial charge on any atom is -0.493 e. The van der Waals surface area contributed by atoms with Gasteiger partial charge in [0, 0.05) is 33.4 Å². The number of hydrogen-bond donors (Lipinski definition) is 2. The van der Waals surface area contributed by atoms with Crippen LogP contribution in [0.5, 0.6) is 11.5 Å². The first kappa shape index (κ1) is 19.1. The summed E-state index contributed by atoms with van der Waals surface area (Å²) in [4.78, 5) is 4.21. The van der Waals surface area contributed by atoms with Crippen LogP contribution in [0.3, 0.4) is 0 Å². The van der Waals surface area contributed by atoms with Gasteiger partial charge in [-0.25, -0.2) is 0 Å². The van der Waals surface area contributed by atoms with Crippen LogP contribution >= 0.6 is 0 Å². The molecule has 1 aromatic carbocycles. The molecular formula is C17H29N3O3. The van der Waals surface area contributed by atoms with Crippen LogP contribution in [-0.2, 0) is 11.2 Å². The summed E-state index contributed by atoms with van der Waals surface area (Å²) in [6.45, 7) is 5.17. The van der Waals surface area contributed by atoms with E-state index in [9.17, 15) is 0 Å². The van der Waals surface area contributed by atoms with Gasteiger partial charge in [0.15, 0.2) is 17.5 Å². The zero-order valence-electron chi connectivity index (χ0n) is 14.6. The van der Waals surface area contributed by atoms with Gasteiger partial charge in [-0.2, -0.15) is 0 Å². The number of benzene rings is 1. The molecule has 0 atom stereocenters. The third kappa shape index (κ3) is 7.23. The van der Waals surface area contributed by atoms with Crippen LogP contribution in [0, 0.1) is 0 Å². The zero-order chi connectivity index (χ0) is 16.9. The second-order valence-corrected chi connectivity index (χ2v) is 4.92. The Hall–Kier alpha value is -1.95. The van der Waals surface area contributed by atoms with E-state index in [0.29, 0.717) is 0 Å².